The molecule has 0 aliphatic heterocycles. The van der Waals surface area contributed by atoms with Crippen molar-refractivity contribution in [2.45, 2.75) is 19.0 Å². The van der Waals surface area contributed by atoms with Gasteiger partial charge >= 0.3 is 0 Å². The number of aromatic nitrogens is 2. The minimum atomic E-state index is -1.14. The number of nitrogens with zero attached hydrogens (tertiary/aromatic N) is 2. The number of halogens is 1. The van der Waals surface area contributed by atoms with E-state index in [1.165, 1.54) is 0 Å². The lowest BCUT2D eigenvalue weighted by atomic mass is 9.92. The van der Waals surface area contributed by atoms with Crippen LogP contribution >= 0.6 is 15.9 Å². The SMILES string of the molecule is COCCn1ccc(NC(=O)C(C)(N)c2ccc(Br)cc2)n1. The molecule has 1 unspecified atom stereocenters. The van der Waals surface area contributed by atoms with Gasteiger partial charge in [-0.15, -0.1) is 0 Å². The van der Waals surface area contributed by atoms with Crippen LogP contribution in [0, 0.1) is 0 Å². The number of anilines is 1. The van der Waals surface area contributed by atoms with E-state index in [4.69, 9.17) is 10.5 Å². The molecule has 0 radical (unpaired) electrons. The number of ether oxygens (including phenoxy) is 1. The number of carbonyl (C=O) groups excluding carboxylic acids is 1. The zero-order valence-corrected chi connectivity index (χ0v) is 14.1. The van der Waals surface area contributed by atoms with E-state index in [1.54, 1.807) is 31.0 Å². The second-order valence-electron chi connectivity index (χ2n) is 5.12. The largest absolute Gasteiger partial charge is 0.383 e. The van der Waals surface area contributed by atoms with Crippen LogP contribution in [0.25, 0.3) is 0 Å². The molecule has 1 amide bonds. The molecular weight excluding hydrogens is 348 g/mol. The zero-order chi connectivity index (χ0) is 16.2. The van der Waals surface area contributed by atoms with Gasteiger partial charge in [-0.2, -0.15) is 5.10 Å². The Morgan fingerprint density at radius 1 is 1.41 bits per heavy atom. The number of benzene rings is 1. The molecule has 7 heteroatoms. The van der Waals surface area contributed by atoms with Gasteiger partial charge < -0.3 is 15.8 Å². The Kier molecular flexibility index (Phi) is 5.33. The van der Waals surface area contributed by atoms with E-state index >= 15 is 0 Å². The molecule has 22 heavy (non-hydrogen) atoms. The van der Waals surface area contributed by atoms with Crippen molar-refractivity contribution < 1.29 is 9.53 Å². The highest BCUT2D eigenvalue weighted by atomic mass is 79.9. The van der Waals surface area contributed by atoms with E-state index in [-0.39, 0.29) is 5.91 Å². The smallest absolute Gasteiger partial charge is 0.249 e. The molecule has 1 atom stereocenters. The highest BCUT2D eigenvalue weighted by Gasteiger charge is 2.30. The van der Waals surface area contributed by atoms with Gasteiger partial charge in [0, 0.05) is 23.8 Å². The normalized spacial score (nSPS) is 13.6. The standard InChI is InChI=1S/C15H19BrN4O2/c1-15(17,11-3-5-12(16)6-4-11)14(21)18-13-7-8-20(19-13)9-10-22-2/h3-8H,9-10,17H2,1-2H3,(H,18,19,21). The first-order valence-electron chi connectivity index (χ1n) is 6.82. The molecule has 2 aromatic rings. The number of hydrogen-bond donors (Lipinski definition) is 2. The van der Waals surface area contributed by atoms with E-state index in [0.29, 0.717) is 19.0 Å². The Hall–Kier alpha value is -1.70. The Labute approximate surface area is 137 Å². The van der Waals surface area contributed by atoms with Gasteiger partial charge in [-0.05, 0) is 24.6 Å². The molecular formula is C15H19BrN4O2. The lowest BCUT2D eigenvalue weighted by Gasteiger charge is -2.23. The number of methoxy groups -OCH3 is 1. The summed E-state index contributed by atoms with van der Waals surface area (Å²) >= 11 is 3.36. The predicted molar refractivity (Wildman–Crippen MR) is 88.4 cm³/mol. The first-order valence-corrected chi connectivity index (χ1v) is 7.61. The molecule has 1 aromatic heterocycles. The molecule has 2 rings (SSSR count). The van der Waals surface area contributed by atoms with Crippen LogP contribution in [-0.2, 0) is 21.6 Å². The second kappa shape index (κ2) is 7.04. The van der Waals surface area contributed by atoms with Crippen molar-refractivity contribution in [3.8, 4) is 0 Å². The fraction of sp³-hybridized carbons (Fsp3) is 0.333. The van der Waals surface area contributed by atoms with Crippen LogP contribution in [0.1, 0.15) is 12.5 Å². The van der Waals surface area contributed by atoms with Crippen molar-refractivity contribution in [2.75, 3.05) is 19.0 Å². The third kappa shape index (κ3) is 3.94. The van der Waals surface area contributed by atoms with Gasteiger partial charge in [-0.25, -0.2) is 0 Å². The lowest BCUT2D eigenvalue weighted by molar-refractivity contribution is -0.120. The maximum Gasteiger partial charge on any atom is 0.249 e. The summed E-state index contributed by atoms with van der Waals surface area (Å²) < 4.78 is 7.62. The molecule has 0 bridgehead atoms. The van der Waals surface area contributed by atoms with E-state index in [0.717, 1.165) is 10.0 Å². The maximum atomic E-state index is 12.4. The van der Waals surface area contributed by atoms with Crippen molar-refractivity contribution in [2.24, 2.45) is 5.73 Å². The summed E-state index contributed by atoms with van der Waals surface area (Å²) in [6.07, 6.45) is 1.78. The molecule has 0 saturated carbocycles. The number of nitrogens with two attached hydrogens (primary N) is 1. The van der Waals surface area contributed by atoms with E-state index in [1.807, 2.05) is 24.3 Å². The number of rotatable bonds is 6. The summed E-state index contributed by atoms with van der Waals surface area (Å²) in [6.45, 7) is 2.86. The van der Waals surface area contributed by atoms with Crippen LogP contribution in [0.5, 0.6) is 0 Å². The molecule has 0 saturated heterocycles. The van der Waals surface area contributed by atoms with E-state index in [9.17, 15) is 4.79 Å². The summed E-state index contributed by atoms with van der Waals surface area (Å²) in [4.78, 5) is 12.4. The van der Waals surface area contributed by atoms with Gasteiger partial charge in [0.15, 0.2) is 5.82 Å². The highest BCUT2D eigenvalue weighted by Crippen LogP contribution is 2.22. The monoisotopic (exact) mass is 366 g/mol. The van der Waals surface area contributed by atoms with Gasteiger partial charge in [-0.1, -0.05) is 28.1 Å². The molecule has 0 aliphatic carbocycles. The zero-order valence-electron chi connectivity index (χ0n) is 12.5. The van der Waals surface area contributed by atoms with Crippen molar-refractivity contribution in [3.63, 3.8) is 0 Å². The topological polar surface area (TPSA) is 82.2 Å². The molecule has 118 valence electrons. The number of nitrogens with one attached hydrogen (secondary N) is 1. The van der Waals surface area contributed by atoms with Gasteiger partial charge in [-0.3, -0.25) is 9.48 Å². The fourth-order valence-electron chi connectivity index (χ4n) is 1.91. The summed E-state index contributed by atoms with van der Waals surface area (Å²) in [5.41, 5.74) is 5.77. The number of amides is 1. The summed E-state index contributed by atoms with van der Waals surface area (Å²) in [6, 6.07) is 9.08. The van der Waals surface area contributed by atoms with Crippen molar-refractivity contribution in [1.29, 1.82) is 0 Å². The van der Waals surface area contributed by atoms with Gasteiger partial charge in [0.2, 0.25) is 5.91 Å². The lowest BCUT2D eigenvalue weighted by Crippen LogP contribution is -2.45. The van der Waals surface area contributed by atoms with Crippen LogP contribution in [0.2, 0.25) is 0 Å². The number of carbonyl (C=O) groups is 1. The summed E-state index contributed by atoms with van der Waals surface area (Å²) in [5, 5.41) is 6.99. The average molecular weight is 367 g/mol. The van der Waals surface area contributed by atoms with Crippen molar-refractivity contribution in [1.82, 2.24) is 9.78 Å². The second-order valence-corrected chi connectivity index (χ2v) is 6.04. The van der Waals surface area contributed by atoms with Crippen molar-refractivity contribution >= 4 is 27.7 Å². The Balaban J connectivity index is 2.07. The highest BCUT2D eigenvalue weighted by molar-refractivity contribution is 9.10. The Morgan fingerprint density at radius 2 is 2.09 bits per heavy atom. The molecule has 1 aromatic carbocycles. The maximum absolute atomic E-state index is 12.4. The minimum Gasteiger partial charge on any atom is -0.383 e. The predicted octanol–water partition coefficient (Wildman–Crippen LogP) is 2.10. The molecule has 3 N–H and O–H groups in total. The van der Waals surface area contributed by atoms with E-state index < -0.39 is 5.54 Å². The minimum absolute atomic E-state index is 0.313. The molecule has 0 spiro atoms. The molecule has 0 aliphatic rings. The Bertz CT molecular complexity index is 637. The van der Waals surface area contributed by atoms with Crippen molar-refractivity contribution in [3.05, 3.63) is 46.6 Å². The van der Waals surface area contributed by atoms with Crippen LogP contribution in [0.4, 0.5) is 5.82 Å². The average Bonchev–Trinajstić information content (AvgIpc) is 2.93. The van der Waals surface area contributed by atoms with Crippen LogP contribution in [-0.4, -0.2) is 29.4 Å². The summed E-state index contributed by atoms with van der Waals surface area (Å²) in [5.74, 6) is 0.154. The molecule has 6 nitrogen and oxygen atoms in total. The molecule has 1 heterocycles. The van der Waals surface area contributed by atoms with Gasteiger partial charge in [0.05, 0.1) is 13.2 Å². The van der Waals surface area contributed by atoms with E-state index in [2.05, 4.69) is 26.3 Å². The third-order valence-electron chi connectivity index (χ3n) is 3.32. The first-order chi connectivity index (χ1) is 10.4. The van der Waals surface area contributed by atoms with Crippen LogP contribution < -0.4 is 11.1 Å². The third-order valence-corrected chi connectivity index (χ3v) is 3.85. The molecule has 0 fully saturated rings. The van der Waals surface area contributed by atoms with Gasteiger partial charge in [0.25, 0.3) is 0 Å². The summed E-state index contributed by atoms with van der Waals surface area (Å²) in [7, 11) is 1.63. The first kappa shape index (κ1) is 16.7. The van der Waals surface area contributed by atoms with Crippen LogP contribution in [0.15, 0.2) is 41.0 Å². The fourth-order valence-corrected chi connectivity index (χ4v) is 2.18. The van der Waals surface area contributed by atoms with Crippen LogP contribution in [0.3, 0.4) is 0 Å². The number of hydrogen-bond acceptors (Lipinski definition) is 4. The van der Waals surface area contributed by atoms with Gasteiger partial charge in [0.1, 0.15) is 5.54 Å². The quantitative estimate of drug-likeness (QED) is 0.819. The Morgan fingerprint density at radius 3 is 2.73 bits per heavy atom.